The average molecular weight is 546 g/mol. The average Bonchev–Trinajstić information content (AvgIpc) is 2.86. The van der Waals surface area contributed by atoms with Gasteiger partial charge in [0.2, 0.25) is 5.91 Å². The summed E-state index contributed by atoms with van der Waals surface area (Å²) in [5.74, 6) is -5.20. The van der Waals surface area contributed by atoms with Crippen molar-refractivity contribution in [1.82, 2.24) is 4.90 Å². The van der Waals surface area contributed by atoms with Gasteiger partial charge >= 0.3 is 18.1 Å². The van der Waals surface area contributed by atoms with Crippen LogP contribution in [0.15, 0.2) is 23.2 Å². The largest absolute Gasteiger partial charge is 0.491 e. The first kappa shape index (κ1) is 29.9. The van der Waals surface area contributed by atoms with Crippen LogP contribution in [0.1, 0.15) is 56.0 Å². The minimum Gasteiger partial charge on any atom is -0.386 e. The zero-order chi connectivity index (χ0) is 28.1. The molecule has 0 saturated heterocycles. The van der Waals surface area contributed by atoms with Gasteiger partial charge in [0.25, 0.3) is 5.91 Å². The topological polar surface area (TPSA) is 148 Å². The third-order valence-corrected chi connectivity index (χ3v) is 5.93. The zero-order valence-electron chi connectivity index (χ0n) is 20.6. The van der Waals surface area contributed by atoms with Crippen molar-refractivity contribution in [3.05, 3.63) is 29.3 Å². The SMILES string of the molecule is CC(CC(=O)OC(=O)C(F)(F)F)N1CC(=O)N(C(C)C)c2ccc(CCCC(S)N=C(N)N)cc2C1=O. The van der Waals surface area contributed by atoms with Crippen molar-refractivity contribution >= 4 is 48.0 Å². The quantitative estimate of drug-likeness (QED) is 0.142. The molecule has 204 valence electrons. The summed E-state index contributed by atoms with van der Waals surface area (Å²) in [6.07, 6.45) is -4.30. The monoisotopic (exact) mass is 545 g/mol. The highest BCUT2D eigenvalue weighted by Gasteiger charge is 2.43. The number of ether oxygens (including phenoxy) is 1. The Morgan fingerprint density at radius 2 is 1.84 bits per heavy atom. The molecule has 1 aliphatic heterocycles. The molecule has 2 atom stereocenters. The Labute approximate surface area is 217 Å². The maximum atomic E-state index is 13.5. The summed E-state index contributed by atoms with van der Waals surface area (Å²) in [5, 5.41) is -0.387. The lowest BCUT2D eigenvalue weighted by Gasteiger charge is -2.28. The van der Waals surface area contributed by atoms with Gasteiger partial charge in [-0.05, 0) is 57.7 Å². The number of rotatable bonds is 9. The molecule has 0 saturated carbocycles. The van der Waals surface area contributed by atoms with Gasteiger partial charge in [-0.2, -0.15) is 25.8 Å². The predicted octanol–water partition coefficient (Wildman–Crippen LogP) is 2.15. The molecule has 0 radical (unpaired) electrons. The number of nitrogens with two attached hydrogens (primary N) is 2. The Morgan fingerprint density at radius 3 is 2.41 bits per heavy atom. The standard InChI is InChI=1S/C23H30F3N5O5S/c1-12(2)31-16-8-7-14(5-4-6-17(37)29-22(27)28)10-15(16)20(34)30(11-18(31)32)13(3)9-19(33)36-21(35)23(24,25)26/h7-8,10,12-13,17,37H,4-6,9,11H2,1-3H3,(H4,27,28,29). The fourth-order valence-electron chi connectivity index (χ4n) is 3.90. The number of nitrogens with zero attached hydrogens (tertiary/aromatic N) is 3. The van der Waals surface area contributed by atoms with E-state index in [0.717, 1.165) is 10.5 Å². The summed E-state index contributed by atoms with van der Waals surface area (Å²) in [4.78, 5) is 56.0. The summed E-state index contributed by atoms with van der Waals surface area (Å²) >= 11 is 4.29. The highest BCUT2D eigenvalue weighted by atomic mass is 32.1. The molecule has 1 heterocycles. The molecule has 0 bridgehead atoms. The van der Waals surface area contributed by atoms with E-state index >= 15 is 0 Å². The third-order valence-electron chi connectivity index (χ3n) is 5.56. The lowest BCUT2D eigenvalue weighted by Crippen LogP contribution is -2.46. The van der Waals surface area contributed by atoms with Crippen molar-refractivity contribution in [2.24, 2.45) is 16.5 Å². The van der Waals surface area contributed by atoms with Crippen LogP contribution in [-0.2, 0) is 25.5 Å². The number of aliphatic imine (C=N–C) groups is 1. The van der Waals surface area contributed by atoms with E-state index in [1.165, 1.54) is 11.8 Å². The van der Waals surface area contributed by atoms with Gasteiger partial charge in [-0.1, -0.05) is 6.07 Å². The molecule has 0 aromatic heterocycles. The van der Waals surface area contributed by atoms with Gasteiger partial charge in [0, 0.05) is 12.1 Å². The van der Waals surface area contributed by atoms with Crippen molar-refractivity contribution < 1.29 is 37.1 Å². The van der Waals surface area contributed by atoms with E-state index in [1.54, 1.807) is 32.0 Å². The van der Waals surface area contributed by atoms with E-state index in [0.29, 0.717) is 24.9 Å². The van der Waals surface area contributed by atoms with Crippen molar-refractivity contribution in [1.29, 1.82) is 0 Å². The second-order valence-corrected chi connectivity index (χ2v) is 9.48. The Hall–Kier alpha value is -3.29. The molecule has 37 heavy (non-hydrogen) atoms. The summed E-state index contributed by atoms with van der Waals surface area (Å²) in [6, 6.07) is 3.77. The molecule has 1 aromatic rings. The van der Waals surface area contributed by atoms with E-state index in [-0.39, 0.29) is 22.9 Å². The second kappa shape index (κ2) is 12.3. The van der Waals surface area contributed by atoms with Gasteiger partial charge < -0.3 is 26.0 Å². The molecule has 2 amide bonds. The Kier molecular flexibility index (Phi) is 9.95. The first-order valence-corrected chi connectivity index (χ1v) is 12.0. The van der Waals surface area contributed by atoms with Crippen LogP contribution < -0.4 is 16.4 Å². The molecule has 0 spiro atoms. The van der Waals surface area contributed by atoms with Gasteiger partial charge in [0.05, 0.1) is 23.0 Å². The van der Waals surface area contributed by atoms with E-state index in [9.17, 15) is 32.3 Å². The van der Waals surface area contributed by atoms with Crippen molar-refractivity contribution in [2.75, 3.05) is 11.4 Å². The zero-order valence-corrected chi connectivity index (χ0v) is 21.5. The van der Waals surface area contributed by atoms with Gasteiger partial charge in [0.1, 0.15) is 6.54 Å². The van der Waals surface area contributed by atoms with Crippen molar-refractivity contribution in [3.63, 3.8) is 0 Å². The Balaban J connectivity index is 2.28. The highest BCUT2D eigenvalue weighted by molar-refractivity contribution is 7.80. The number of aryl methyl sites for hydroxylation is 1. The molecule has 2 rings (SSSR count). The van der Waals surface area contributed by atoms with Crippen LogP contribution in [0.4, 0.5) is 18.9 Å². The highest BCUT2D eigenvalue weighted by Crippen LogP contribution is 2.30. The van der Waals surface area contributed by atoms with Crippen LogP contribution in [0.25, 0.3) is 0 Å². The Morgan fingerprint density at radius 1 is 1.19 bits per heavy atom. The van der Waals surface area contributed by atoms with Crippen molar-refractivity contribution in [3.8, 4) is 0 Å². The minimum absolute atomic E-state index is 0.0741. The first-order valence-electron chi connectivity index (χ1n) is 11.5. The van der Waals surface area contributed by atoms with Gasteiger partial charge in [0.15, 0.2) is 5.96 Å². The summed E-state index contributed by atoms with van der Waals surface area (Å²) in [6.45, 7) is 4.52. The van der Waals surface area contributed by atoms with Crippen LogP contribution in [0.3, 0.4) is 0 Å². The number of amides is 2. The Bertz CT molecular complexity index is 1080. The number of thiol groups is 1. The fourth-order valence-corrected chi connectivity index (χ4v) is 4.22. The van der Waals surface area contributed by atoms with Crippen LogP contribution >= 0.6 is 12.6 Å². The van der Waals surface area contributed by atoms with Gasteiger partial charge in [-0.15, -0.1) is 0 Å². The van der Waals surface area contributed by atoms with Gasteiger partial charge in [-0.25, -0.2) is 9.79 Å². The number of carbonyl (C=O) groups is 4. The minimum atomic E-state index is -5.34. The number of anilines is 1. The molecule has 1 aliphatic rings. The number of benzene rings is 1. The van der Waals surface area contributed by atoms with E-state index < -0.39 is 48.9 Å². The molecule has 0 aliphatic carbocycles. The molecular formula is C23H30F3N5O5S. The number of hydrogen-bond acceptors (Lipinski definition) is 7. The van der Waals surface area contributed by atoms with Crippen LogP contribution in [0, 0.1) is 0 Å². The second-order valence-electron chi connectivity index (χ2n) is 8.88. The molecule has 14 heteroatoms. The van der Waals surface area contributed by atoms with E-state index in [4.69, 9.17) is 11.5 Å². The predicted molar refractivity (Wildman–Crippen MR) is 133 cm³/mol. The molecule has 10 nitrogen and oxygen atoms in total. The lowest BCUT2D eigenvalue weighted by molar-refractivity contribution is -0.202. The maximum Gasteiger partial charge on any atom is 0.491 e. The molecule has 4 N–H and O–H groups in total. The lowest BCUT2D eigenvalue weighted by atomic mass is 10.0. The number of esters is 2. The summed E-state index contributed by atoms with van der Waals surface area (Å²) in [5.41, 5.74) is 12.1. The van der Waals surface area contributed by atoms with Gasteiger partial charge in [-0.3, -0.25) is 14.4 Å². The van der Waals surface area contributed by atoms with Crippen molar-refractivity contribution in [2.45, 2.75) is 70.1 Å². The summed E-state index contributed by atoms with van der Waals surface area (Å²) < 4.78 is 41.1. The number of halogens is 3. The molecule has 1 aromatic carbocycles. The van der Waals surface area contributed by atoms with E-state index in [1.807, 2.05) is 0 Å². The normalized spacial score (nSPS) is 15.7. The number of hydrogen-bond donors (Lipinski definition) is 3. The third kappa shape index (κ3) is 8.10. The molecule has 2 unspecified atom stereocenters. The number of fused-ring (bicyclic) bond motifs is 1. The van der Waals surface area contributed by atoms with Crippen LogP contribution in [-0.4, -0.2) is 64.8 Å². The van der Waals surface area contributed by atoms with Crippen LogP contribution in [0.2, 0.25) is 0 Å². The number of guanidine groups is 1. The number of carbonyl (C=O) groups excluding carboxylic acids is 4. The molecular weight excluding hydrogens is 515 g/mol. The fraction of sp³-hybridized carbons (Fsp3) is 0.522. The smallest absolute Gasteiger partial charge is 0.386 e. The molecule has 0 fully saturated rings. The van der Waals surface area contributed by atoms with E-state index in [2.05, 4.69) is 22.4 Å². The maximum absolute atomic E-state index is 13.5. The number of alkyl halides is 3. The van der Waals surface area contributed by atoms with Crippen LogP contribution in [0.5, 0.6) is 0 Å². The summed E-state index contributed by atoms with van der Waals surface area (Å²) in [7, 11) is 0. The first-order chi connectivity index (χ1) is 17.1.